The maximum absolute atomic E-state index is 2.65. The van der Waals surface area contributed by atoms with E-state index in [1.807, 2.05) is 0 Å². The Kier molecular flexibility index (Phi) is 10.4. The van der Waals surface area contributed by atoms with Gasteiger partial charge in [0.15, 0.2) is 0 Å². The smallest absolute Gasteiger partial charge is 0.252 e. The number of benzene rings is 9. The highest BCUT2D eigenvalue weighted by Gasteiger charge is 2.48. The van der Waals surface area contributed by atoms with Crippen molar-refractivity contribution in [3.63, 3.8) is 0 Å². The molecule has 0 saturated carbocycles. The summed E-state index contributed by atoms with van der Waals surface area (Å²) in [5.74, 6) is 0. The molecule has 3 nitrogen and oxygen atoms in total. The van der Waals surface area contributed by atoms with Gasteiger partial charge in [-0.1, -0.05) is 170 Å². The molecule has 4 heteroatoms. The minimum atomic E-state index is -0.0668. The molecule has 0 unspecified atom stereocenters. The van der Waals surface area contributed by atoms with E-state index in [4.69, 9.17) is 0 Å². The van der Waals surface area contributed by atoms with Gasteiger partial charge in [0, 0.05) is 51.1 Å². The predicted molar refractivity (Wildman–Crippen MR) is 305 cm³/mol. The van der Waals surface area contributed by atoms with E-state index in [0.717, 1.165) is 23.5 Å². The fourth-order valence-electron chi connectivity index (χ4n) is 12.6. The van der Waals surface area contributed by atoms with E-state index in [9.17, 15) is 0 Å². The lowest BCUT2D eigenvalue weighted by Gasteiger charge is -2.46. The van der Waals surface area contributed by atoms with Gasteiger partial charge in [-0.25, -0.2) is 0 Å². The Morgan fingerprint density at radius 3 is 1.58 bits per heavy atom. The molecule has 71 heavy (non-hydrogen) atoms. The Balaban J connectivity index is 1.21. The summed E-state index contributed by atoms with van der Waals surface area (Å²) in [4.78, 5) is 7.68. The van der Waals surface area contributed by atoms with Crippen LogP contribution in [0.15, 0.2) is 200 Å². The second-order valence-electron chi connectivity index (χ2n) is 22.7. The third-order valence-corrected chi connectivity index (χ3v) is 15.7. The van der Waals surface area contributed by atoms with Crippen LogP contribution in [0, 0.1) is 13.8 Å². The first-order valence-electron chi connectivity index (χ1n) is 25.5. The van der Waals surface area contributed by atoms with E-state index < -0.39 is 0 Å². The molecular formula is C67H62BN3. The van der Waals surface area contributed by atoms with Gasteiger partial charge in [0.25, 0.3) is 6.71 Å². The van der Waals surface area contributed by atoms with Crippen molar-refractivity contribution in [3.8, 4) is 22.3 Å². The Bertz CT molecular complexity index is 3480. The standard InChI is InChI=1S/C67H62BN3/c1-44-36-62-64-63(37-44)71(60-38-48(31-30-45(60)2)46-22-14-10-15-23-46)61-42-55-54(66(6,7)43-67(55,8)9)41-57(61)68(64)56-40-52(69(50-26-18-12-19-27-50)51-28-20-13-21-29-51)33-35-59(56)70(62)58-34-32-49(65(3,4)5)39-53(58)47-24-16-11-17-25-47/h10-42H,43H2,1-9H3. The van der Waals surface area contributed by atoms with Gasteiger partial charge >= 0.3 is 0 Å². The number of fused-ring (bicyclic) bond motifs is 5. The minimum absolute atomic E-state index is 0.000399. The predicted octanol–water partition coefficient (Wildman–Crippen LogP) is 16.4. The lowest BCUT2D eigenvalue weighted by Crippen LogP contribution is -2.61. The summed E-state index contributed by atoms with van der Waals surface area (Å²) < 4.78 is 0. The van der Waals surface area contributed by atoms with Crippen LogP contribution in [0.4, 0.5) is 51.2 Å². The topological polar surface area (TPSA) is 9.72 Å². The van der Waals surface area contributed by atoms with Crippen LogP contribution >= 0.6 is 0 Å². The molecule has 0 fully saturated rings. The average molecular weight is 920 g/mol. The van der Waals surface area contributed by atoms with Crippen molar-refractivity contribution in [2.75, 3.05) is 14.7 Å². The van der Waals surface area contributed by atoms with E-state index in [0.29, 0.717) is 0 Å². The molecule has 2 aliphatic heterocycles. The van der Waals surface area contributed by atoms with E-state index in [2.05, 4.69) is 277 Å². The number of para-hydroxylation sites is 2. The number of nitrogens with zero attached hydrogens (tertiary/aromatic N) is 3. The molecule has 9 aromatic rings. The Labute approximate surface area is 422 Å². The molecule has 9 aromatic carbocycles. The fraction of sp³-hybridized carbons (Fsp3) is 0.194. The summed E-state index contributed by atoms with van der Waals surface area (Å²) in [6.07, 6.45) is 1.09. The largest absolute Gasteiger partial charge is 0.311 e. The molecule has 2 heterocycles. The Hall–Kier alpha value is -7.56. The van der Waals surface area contributed by atoms with E-state index in [-0.39, 0.29) is 23.0 Å². The van der Waals surface area contributed by atoms with Gasteiger partial charge in [0.2, 0.25) is 0 Å². The first-order valence-corrected chi connectivity index (χ1v) is 25.5. The van der Waals surface area contributed by atoms with Gasteiger partial charge in [-0.15, -0.1) is 0 Å². The molecule has 0 bridgehead atoms. The van der Waals surface area contributed by atoms with Crippen molar-refractivity contribution in [2.45, 2.75) is 85.0 Å². The summed E-state index contributed by atoms with van der Waals surface area (Å²) in [6.45, 7) is 21.3. The molecule has 1 aliphatic carbocycles. The lowest BCUT2D eigenvalue weighted by atomic mass is 9.33. The molecule has 12 rings (SSSR count). The quantitative estimate of drug-likeness (QED) is 0.148. The van der Waals surface area contributed by atoms with Gasteiger partial charge in [0.05, 0.1) is 5.69 Å². The summed E-state index contributed by atoms with van der Waals surface area (Å²) >= 11 is 0. The molecule has 0 radical (unpaired) electrons. The number of rotatable bonds is 7. The van der Waals surface area contributed by atoms with Crippen LogP contribution in [-0.4, -0.2) is 6.71 Å². The number of aryl methyl sites for hydroxylation is 2. The second kappa shape index (κ2) is 16.5. The monoisotopic (exact) mass is 920 g/mol. The van der Waals surface area contributed by atoms with Crippen LogP contribution in [0.1, 0.15) is 82.7 Å². The SMILES string of the molecule is Cc1cc2c3c(c1)N(c1ccc(C(C)(C)C)cc1-c1ccccc1)c1ccc(N(c4ccccc4)c4ccccc4)cc1B3c1cc3c(cc1N2c1cc(-c2ccccc2)ccc1C)C(C)(C)CC3(C)C. The molecule has 0 atom stereocenters. The molecule has 348 valence electrons. The van der Waals surface area contributed by atoms with Crippen LogP contribution in [0.25, 0.3) is 22.3 Å². The molecule has 0 aromatic heterocycles. The van der Waals surface area contributed by atoms with E-state index >= 15 is 0 Å². The normalized spacial score (nSPS) is 14.9. The molecule has 0 saturated heterocycles. The van der Waals surface area contributed by atoms with E-state index in [1.54, 1.807) is 0 Å². The van der Waals surface area contributed by atoms with Crippen LogP contribution in [-0.2, 0) is 16.2 Å². The molecule has 0 amide bonds. The van der Waals surface area contributed by atoms with E-state index in [1.165, 1.54) is 101 Å². The number of hydrogen-bond acceptors (Lipinski definition) is 3. The highest BCUT2D eigenvalue weighted by Crippen LogP contribution is 2.54. The first-order chi connectivity index (χ1) is 34.2. The molecule has 0 spiro atoms. The maximum atomic E-state index is 2.65. The van der Waals surface area contributed by atoms with Crippen LogP contribution < -0.4 is 31.1 Å². The Morgan fingerprint density at radius 2 is 0.972 bits per heavy atom. The zero-order valence-corrected chi connectivity index (χ0v) is 42.7. The summed E-state index contributed by atoms with van der Waals surface area (Å²) in [7, 11) is 0. The zero-order valence-electron chi connectivity index (χ0n) is 42.7. The van der Waals surface area contributed by atoms with Crippen LogP contribution in [0.3, 0.4) is 0 Å². The van der Waals surface area contributed by atoms with Crippen molar-refractivity contribution in [3.05, 3.63) is 228 Å². The van der Waals surface area contributed by atoms with Gasteiger partial charge in [-0.05, 0) is 176 Å². The van der Waals surface area contributed by atoms with Crippen molar-refractivity contribution < 1.29 is 0 Å². The van der Waals surface area contributed by atoms with Crippen LogP contribution in [0.2, 0.25) is 0 Å². The van der Waals surface area contributed by atoms with Gasteiger partial charge in [0.1, 0.15) is 0 Å². The lowest BCUT2D eigenvalue weighted by molar-refractivity contribution is 0.403. The van der Waals surface area contributed by atoms with Crippen molar-refractivity contribution >= 4 is 74.3 Å². The minimum Gasteiger partial charge on any atom is -0.311 e. The Morgan fingerprint density at radius 1 is 0.437 bits per heavy atom. The van der Waals surface area contributed by atoms with Gasteiger partial charge < -0.3 is 14.7 Å². The van der Waals surface area contributed by atoms with Crippen molar-refractivity contribution in [1.29, 1.82) is 0 Å². The first kappa shape index (κ1) is 44.6. The zero-order chi connectivity index (χ0) is 49.0. The highest BCUT2D eigenvalue weighted by atomic mass is 15.2. The van der Waals surface area contributed by atoms with Crippen molar-refractivity contribution in [2.24, 2.45) is 0 Å². The second-order valence-corrected chi connectivity index (χ2v) is 22.7. The van der Waals surface area contributed by atoms with Gasteiger partial charge in [-0.2, -0.15) is 0 Å². The summed E-state index contributed by atoms with van der Waals surface area (Å²) in [5, 5.41) is 0. The third kappa shape index (κ3) is 7.41. The van der Waals surface area contributed by atoms with Crippen LogP contribution in [0.5, 0.6) is 0 Å². The average Bonchev–Trinajstić information content (AvgIpc) is 3.55. The molecule has 3 aliphatic rings. The summed E-state index contributed by atoms with van der Waals surface area (Å²) in [6, 6.07) is 75.3. The van der Waals surface area contributed by atoms with Gasteiger partial charge in [-0.3, -0.25) is 0 Å². The van der Waals surface area contributed by atoms with Crippen molar-refractivity contribution in [1.82, 2.24) is 0 Å². The summed E-state index contributed by atoms with van der Waals surface area (Å²) in [5.41, 5.74) is 26.2. The highest BCUT2D eigenvalue weighted by molar-refractivity contribution is 7.00. The maximum Gasteiger partial charge on any atom is 0.252 e. The third-order valence-electron chi connectivity index (χ3n) is 15.7. The molecule has 0 N–H and O–H groups in total. The fourth-order valence-corrected chi connectivity index (χ4v) is 12.6. The number of hydrogen-bond donors (Lipinski definition) is 0. The number of anilines is 9. The molecular weight excluding hydrogens is 858 g/mol.